The van der Waals surface area contributed by atoms with Crippen LogP contribution in [0.2, 0.25) is 0 Å². The number of nitrogens with zero attached hydrogens (tertiary/aromatic N) is 4. The normalized spacial score (nSPS) is 11.3. The summed E-state index contributed by atoms with van der Waals surface area (Å²) in [5.74, 6) is 0.369. The minimum absolute atomic E-state index is 0.0901. The highest BCUT2D eigenvalue weighted by Crippen LogP contribution is 2.17. The molecule has 0 unspecified atom stereocenters. The molecule has 0 amide bonds. The van der Waals surface area contributed by atoms with Crippen LogP contribution < -0.4 is 16.7 Å². The van der Waals surface area contributed by atoms with Gasteiger partial charge < -0.3 is 5.11 Å². The number of hydrazone groups is 1. The van der Waals surface area contributed by atoms with E-state index in [0.29, 0.717) is 12.1 Å². The van der Waals surface area contributed by atoms with Crippen LogP contribution in [0.5, 0.6) is 5.75 Å². The van der Waals surface area contributed by atoms with Gasteiger partial charge in [0.05, 0.1) is 6.21 Å². The van der Waals surface area contributed by atoms with E-state index in [4.69, 9.17) is 0 Å². The first kappa shape index (κ1) is 17.2. The summed E-state index contributed by atoms with van der Waals surface area (Å²) >= 11 is 0. The van der Waals surface area contributed by atoms with E-state index in [1.807, 2.05) is 6.92 Å². The van der Waals surface area contributed by atoms with Gasteiger partial charge in [-0.25, -0.2) is 10.2 Å². The highest BCUT2D eigenvalue weighted by atomic mass is 16.3. The predicted molar refractivity (Wildman–Crippen MR) is 99.7 cm³/mol. The number of allylic oxidation sites excluding steroid dienone is 1. The summed E-state index contributed by atoms with van der Waals surface area (Å²) in [5.41, 5.74) is 3.48. The minimum Gasteiger partial charge on any atom is -0.507 e. The van der Waals surface area contributed by atoms with Crippen molar-refractivity contribution >= 4 is 23.3 Å². The number of aromatic hydroxyl groups is 1. The number of H-pyrrole nitrogens is 1. The number of fused-ring (bicyclic) bond motifs is 1. The van der Waals surface area contributed by atoms with Gasteiger partial charge >= 0.3 is 5.69 Å². The summed E-state index contributed by atoms with van der Waals surface area (Å²) in [4.78, 5) is 30.6. The number of hydrogen-bond acceptors (Lipinski definition) is 6. The van der Waals surface area contributed by atoms with Crippen LogP contribution >= 0.6 is 0 Å². The summed E-state index contributed by atoms with van der Waals surface area (Å²) in [6.45, 7) is 6.00. The molecule has 3 rings (SSSR count). The van der Waals surface area contributed by atoms with Gasteiger partial charge in [-0.2, -0.15) is 10.1 Å². The number of para-hydroxylation sites is 1. The second-order valence-corrected chi connectivity index (χ2v) is 5.90. The molecule has 2 aromatic heterocycles. The Hall–Kier alpha value is -3.62. The lowest BCUT2D eigenvalue weighted by molar-refractivity contribution is 0.474. The molecule has 1 aromatic carbocycles. The second-order valence-electron chi connectivity index (χ2n) is 5.90. The third kappa shape index (κ3) is 3.14. The summed E-state index contributed by atoms with van der Waals surface area (Å²) < 4.78 is 2.85. The summed E-state index contributed by atoms with van der Waals surface area (Å²) in [6.07, 6.45) is 1.43. The van der Waals surface area contributed by atoms with E-state index in [-0.39, 0.29) is 22.9 Å². The van der Waals surface area contributed by atoms with Gasteiger partial charge in [0, 0.05) is 19.2 Å². The van der Waals surface area contributed by atoms with E-state index in [9.17, 15) is 14.7 Å². The highest BCUT2D eigenvalue weighted by Gasteiger charge is 2.17. The van der Waals surface area contributed by atoms with Crippen LogP contribution in [0.4, 0.5) is 5.95 Å². The number of benzene rings is 1. The zero-order valence-corrected chi connectivity index (χ0v) is 14.4. The number of aromatic amines is 1. The quantitative estimate of drug-likeness (QED) is 0.361. The van der Waals surface area contributed by atoms with Crippen molar-refractivity contribution in [1.82, 2.24) is 19.1 Å². The van der Waals surface area contributed by atoms with Gasteiger partial charge in [-0.05, 0) is 19.1 Å². The maximum atomic E-state index is 12.2. The van der Waals surface area contributed by atoms with Crippen molar-refractivity contribution in [2.75, 3.05) is 5.43 Å². The van der Waals surface area contributed by atoms with Gasteiger partial charge in [0.15, 0.2) is 11.2 Å². The standard InChI is InChI=1S/C17H18N6O3/c1-10(2)9-23-13-14(22(3)17(26)20-15(13)25)19-16(23)21-18-8-11-6-4-5-7-12(11)24/h4-8,24H,1,9H2,2-3H3,(H,19,21)(H,20,25,26). The third-order valence-corrected chi connectivity index (χ3v) is 3.74. The Labute approximate surface area is 147 Å². The topological polar surface area (TPSA) is 117 Å². The molecule has 0 radical (unpaired) electrons. The van der Waals surface area contributed by atoms with Crippen molar-refractivity contribution in [2.24, 2.45) is 12.1 Å². The summed E-state index contributed by atoms with van der Waals surface area (Å²) in [6, 6.07) is 6.73. The van der Waals surface area contributed by atoms with Crippen LogP contribution in [-0.2, 0) is 13.6 Å². The third-order valence-electron chi connectivity index (χ3n) is 3.74. The van der Waals surface area contributed by atoms with Crippen molar-refractivity contribution < 1.29 is 5.11 Å². The Morgan fingerprint density at radius 3 is 2.85 bits per heavy atom. The van der Waals surface area contributed by atoms with Crippen LogP contribution in [0.15, 0.2) is 51.1 Å². The first-order valence-corrected chi connectivity index (χ1v) is 7.79. The Morgan fingerprint density at radius 1 is 1.42 bits per heavy atom. The number of nitrogens with one attached hydrogen (secondary N) is 2. The van der Waals surface area contributed by atoms with E-state index in [0.717, 1.165) is 5.57 Å². The van der Waals surface area contributed by atoms with Gasteiger partial charge in [-0.15, -0.1) is 0 Å². The van der Waals surface area contributed by atoms with Crippen molar-refractivity contribution in [3.63, 3.8) is 0 Å². The molecule has 2 heterocycles. The number of anilines is 1. The lowest BCUT2D eigenvalue weighted by atomic mass is 10.2. The average Bonchev–Trinajstić information content (AvgIpc) is 2.93. The Bertz CT molecular complexity index is 1140. The fourth-order valence-corrected chi connectivity index (χ4v) is 2.50. The molecule has 0 spiro atoms. The fraction of sp³-hybridized carbons (Fsp3) is 0.176. The van der Waals surface area contributed by atoms with Crippen LogP contribution in [0.3, 0.4) is 0 Å². The van der Waals surface area contributed by atoms with Crippen molar-refractivity contribution in [3.05, 3.63) is 62.8 Å². The molecule has 0 fully saturated rings. The van der Waals surface area contributed by atoms with Crippen LogP contribution in [0.25, 0.3) is 11.2 Å². The average molecular weight is 354 g/mol. The van der Waals surface area contributed by atoms with Crippen molar-refractivity contribution in [1.29, 1.82) is 0 Å². The lowest BCUT2D eigenvalue weighted by Crippen LogP contribution is -2.29. The maximum absolute atomic E-state index is 12.2. The van der Waals surface area contributed by atoms with Gasteiger partial charge in [0.2, 0.25) is 5.95 Å². The number of rotatable bonds is 5. The van der Waals surface area contributed by atoms with Crippen LogP contribution in [-0.4, -0.2) is 30.4 Å². The van der Waals surface area contributed by atoms with Gasteiger partial charge in [-0.1, -0.05) is 24.3 Å². The molecular formula is C17H18N6O3. The number of phenolic OH excluding ortho intramolecular Hbond substituents is 1. The van der Waals surface area contributed by atoms with Crippen molar-refractivity contribution in [3.8, 4) is 5.75 Å². The lowest BCUT2D eigenvalue weighted by Gasteiger charge is -2.07. The molecule has 9 nitrogen and oxygen atoms in total. The maximum Gasteiger partial charge on any atom is 0.329 e. The number of aromatic nitrogens is 4. The molecule has 3 aromatic rings. The highest BCUT2D eigenvalue weighted by molar-refractivity contribution is 5.83. The molecule has 0 bridgehead atoms. The molecule has 26 heavy (non-hydrogen) atoms. The largest absolute Gasteiger partial charge is 0.507 e. The predicted octanol–water partition coefficient (Wildman–Crippen LogP) is 1.15. The van der Waals surface area contributed by atoms with Gasteiger partial charge in [-0.3, -0.25) is 18.9 Å². The first-order valence-electron chi connectivity index (χ1n) is 7.79. The van der Waals surface area contributed by atoms with E-state index in [2.05, 4.69) is 27.1 Å². The SMILES string of the molecule is C=C(C)Cn1c(NN=Cc2ccccc2O)nc2c1c(=O)[nH]c(=O)n2C. The van der Waals surface area contributed by atoms with E-state index >= 15 is 0 Å². The molecule has 0 aliphatic rings. The second kappa shape index (κ2) is 6.71. The molecule has 134 valence electrons. The number of imidazole rings is 1. The molecule has 0 saturated carbocycles. The zero-order valence-electron chi connectivity index (χ0n) is 14.4. The van der Waals surface area contributed by atoms with E-state index < -0.39 is 11.2 Å². The Morgan fingerprint density at radius 2 is 2.15 bits per heavy atom. The summed E-state index contributed by atoms with van der Waals surface area (Å²) in [5, 5.41) is 13.8. The fourth-order valence-electron chi connectivity index (χ4n) is 2.50. The smallest absolute Gasteiger partial charge is 0.329 e. The number of aryl methyl sites for hydroxylation is 1. The molecule has 3 N–H and O–H groups in total. The first-order chi connectivity index (χ1) is 12.4. The Kier molecular flexibility index (Phi) is 4.44. The van der Waals surface area contributed by atoms with Crippen LogP contribution in [0, 0.1) is 0 Å². The van der Waals surface area contributed by atoms with Crippen LogP contribution in [0.1, 0.15) is 12.5 Å². The molecule has 9 heteroatoms. The zero-order chi connectivity index (χ0) is 18.8. The minimum atomic E-state index is -0.549. The molecular weight excluding hydrogens is 336 g/mol. The van der Waals surface area contributed by atoms with E-state index in [1.54, 1.807) is 28.8 Å². The number of hydrogen-bond donors (Lipinski definition) is 3. The van der Waals surface area contributed by atoms with Crippen molar-refractivity contribution in [2.45, 2.75) is 13.5 Å². The van der Waals surface area contributed by atoms with E-state index in [1.165, 1.54) is 17.8 Å². The number of phenols is 1. The molecule has 0 aliphatic heterocycles. The molecule has 0 aliphatic carbocycles. The molecule has 0 atom stereocenters. The van der Waals surface area contributed by atoms with Gasteiger partial charge in [0.1, 0.15) is 5.75 Å². The monoisotopic (exact) mass is 354 g/mol. The van der Waals surface area contributed by atoms with Gasteiger partial charge in [0.25, 0.3) is 5.56 Å². The molecule has 0 saturated heterocycles. The Balaban J connectivity index is 2.07. The summed E-state index contributed by atoms with van der Waals surface area (Å²) in [7, 11) is 1.52.